The van der Waals surface area contributed by atoms with Gasteiger partial charge in [0.05, 0.1) is 6.20 Å². The molecule has 0 saturated carbocycles. The number of piperidine rings is 1. The Bertz CT molecular complexity index is 876. The third-order valence-electron chi connectivity index (χ3n) is 4.58. The molecule has 3 rings (SSSR count). The predicted octanol–water partition coefficient (Wildman–Crippen LogP) is 0.350. The quantitative estimate of drug-likeness (QED) is 0.817. The number of fused-ring (bicyclic) bond motifs is 1. The second-order valence-electron chi connectivity index (χ2n) is 7.20. The number of rotatable bonds is 4. The van der Waals surface area contributed by atoms with Crippen LogP contribution in [0.2, 0.25) is 0 Å². The molecule has 0 atom stereocenters. The summed E-state index contributed by atoms with van der Waals surface area (Å²) in [4.78, 5) is 41.4. The van der Waals surface area contributed by atoms with Gasteiger partial charge in [0.15, 0.2) is 11.2 Å². The summed E-state index contributed by atoms with van der Waals surface area (Å²) in [5.41, 5.74) is 0.451. The highest BCUT2D eigenvalue weighted by Crippen LogP contribution is 2.19. The van der Waals surface area contributed by atoms with Crippen LogP contribution in [0.5, 0.6) is 0 Å². The molecule has 1 aliphatic heterocycles. The molecule has 2 amide bonds. The summed E-state index contributed by atoms with van der Waals surface area (Å²) in [6.45, 7) is 7.41. The fourth-order valence-corrected chi connectivity index (χ4v) is 3.14. The van der Waals surface area contributed by atoms with Gasteiger partial charge in [0.1, 0.15) is 0 Å². The lowest BCUT2D eigenvalue weighted by molar-refractivity contribution is -0.126. The second kappa shape index (κ2) is 7.27. The largest absolute Gasteiger partial charge is 0.356 e. The van der Waals surface area contributed by atoms with Gasteiger partial charge in [0.25, 0.3) is 11.5 Å². The van der Waals surface area contributed by atoms with Crippen LogP contribution in [0.25, 0.3) is 5.52 Å². The SMILES string of the molecule is Cc1cn2nnc(C(=O)N3CCC(C(=O)NCC(C)C)CC3)c2c(=O)[nH]1. The first-order chi connectivity index (χ1) is 12.4. The van der Waals surface area contributed by atoms with Gasteiger partial charge >= 0.3 is 0 Å². The molecule has 3 heterocycles. The molecule has 0 radical (unpaired) electrons. The van der Waals surface area contributed by atoms with Crippen LogP contribution < -0.4 is 10.9 Å². The average Bonchev–Trinajstić information content (AvgIpc) is 3.03. The van der Waals surface area contributed by atoms with Crippen LogP contribution >= 0.6 is 0 Å². The Morgan fingerprint density at radius 3 is 2.69 bits per heavy atom. The van der Waals surface area contributed by atoms with Gasteiger partial charge in [-0.2, -0.15) is 0 Å². The number of nitrogens with zero attached hydrogens (tertiary/aromatic N) is 4. The Hall–Kier alpha value is -2.71. The number of likely N-dealkylation sites (tertiary alicyclic amines) is 1. The fourth-order valence-electron chi connectivity index (χ4n) is 3.14. The Kier molecular flexibility index (Phi) is 5.06. The Morgan fingerprint density at radius 2 is 2.04 bits per heavy atom. The summed E-state index contributed by atoms with van der Waals surface area (Å²) in [7, 11) is 0. The third-order valence-corrected chi connectivity index (χ3v) is 4.58. The number of carbonyl (C=O) groups excluding carboxylic acids is 2. The van der Waals surface area contributed by atoms with Crippen LogP contribution in [0.3, 0.4) is 0 Å². The van der Waals surface area contributed by atoms with Gasteiger partial charge in [-0.1, -0.05) is 19.1 Å². The highest BCUT2D eigenvalue weighted by molar-refractivity contribution is 5.98. The van der Waals surface area contributed by atoms with Crippen molar-refractivity contribution in [3.63, 3.8) is 0 Å². The van der Waals surface area contributed by atoms with E-state index in [1.54, 1.807) is 18.0 Å². The molecule has 2 aromatic heterocycles. The molecule has 0 unspecified atom stereocenters. The van der Waals surface area contributed by atoms with Crippen molar-refractivity contribution >= 4 is 17.3 Å². The van der Waals surface area contributed by atoms with E-state index in [2.05, 4.69) is 20.6 Å². The summed E-state index contributed by atoms with van der Waals surface area (Å²) < 4.78 is 1.33. The number of aromatic nitrogens is 4. The maximum absolute atomic E-state index is 12.8. The second-order valence-corrected chi connectivity index (χ2v) is 7.20. The Morgan fingerprint density at radius 1 is 1.35 bits per heavy atom. The van der Waals surface area contributed by atoms with Gasteiger partial charge in [0, 0.05) is 31.2 Å². The van der Waals surface area contributed by atoms with Crippen molar-refractivity contribution in [1.29, 1.82) is 0 Å². The lowest BCUT2D eigenvalue weighted by Crippen LogP contribution is -2.43. The summed E-state index contributed by atoms with van der Waals surface area (Å²) in [5, 5.41) is 10.7. The van der Waals surface area contributed by atoms with Crippen molar-refractivity contribution in [2.75, 3.05) is 19.6 Å². The summed E-state index contributed by atoms with van der Waals surface area (Å²) in [6.07, 6.45) is 2.82. The van der Waals surface area contributed by atoms with E-state index in [0.717, 1.165) is 0 Å². The van der Waals surface area contributed by atoms with Crippen LogP contribution in [0.15, 0.2) is 11.0 Å². The molecule has 0 spiro atoms. The molecule has 9 heteroatoms. The van der Waals surface area contributed by atoms with E-state index in [9.17, 15) is 14.4 Å². The van der Waals surface area contributed by atoms with Crippen LogP contribution in [-0.2, 0) is 4.79 Å². The molecular formula is C17H24N6O3. The van der Waals surface area contributed by atoms with E-state index in [1.807, 2.05) is 13.8 Å². The summed E-state index contributed by atoms with van der Waals surface area (Å²) in [6, 6.07) is 0. The van der Waals surface area contributed by atoms with Crippen LogP contribution in [-0.4, -0.2) is 56.2 Å². The number of H-pyrrole nitrogens is 1. The van der Waals surface area contributed by atoms with E-state index in [1.165, 1.54) is 4.52 Å². The zero-order valence-electron chi connectivity index (χ0n) is 15.3. The predicted molar refractivity (Wildman–Crippen MR) is 94.8 cm³/mol. The molecular weight excluding hydrogens is 336 g/mol. The van der Waals surface area contributed by atoms with Crippen molar-refractivity contribution in [1.82, 2.24) is 30.0 Å². The first kappa shape index (κ1) is 18.1. The minimum atomic E-state index is -0.388. The van der Waals surface area contributed by atoms with Gasteiger partial charge in [0.2, 0.25) is 5.91 Å². The molecule has 26 heavy (non-hydrogen) atoms. The van der Waals surface area contributed by atoms with Crippen LogP contribution in [0.1, 0.15) is 42.9 Å². The van der Waals surface area contributed by atoms with Gasteiger partial charge in [-0.3, -0.25) is 14.4 Å². The van der Waals surface area contributed by atoms with E-state index < -0.39 is 0 Å². The normalized spacial score (nSPS) is 15.6. The Labute approximate surface area is 150 Å². The molecule has 0 bridgehead atoms. The maximum Gasteiger partial charge on any atom is 0.276 e. The number of aryl methyl sites for hydroxylation is 1. The highest BCUT2D eigenvalue weighted by atomic mass is 16.2. The summed E-state index contributed by atoms with van der Waals surface area (Å²) in [5.74, 6) is 0.0481. The molecule has 2 aromatic rings. The van der Waals surface area contributed by atoms with E-state index in [4.69, 9.17) is 0 Å². The molecule has 0 aliphatic carbocycles. The molecule has 2 N–H and O–H groups in total. The molecule has 140 valence electrons. The highest BCUT2D eigenvalue weighted by Gasteiger charge is 2.30. The fraction of sp³-hybridized carbons (Fsp3) is 0.588. The lowest BCUT2D eigenvalue weighted by Gasteiger charge is -2.31. The first-order valence-corrected chi connectivity index (χ1v) is 8.88. The number of aromatic amines is 1. The molecule has 0 aromatic carbocycles. The van der Waals surface area contributed by atoms with E-state index in [-0.39, 0.29) is 34.5 Å². The first-order valence-electron chi connectivity index (χ1n) is 8.88. The van der Waals surface area contributed by atoms with E-state index in [0.29, 0.717) is 44.1 Å². The number of carbonyl (C=O) groups is 2. The monoisotopic (exact) mass is 360 g/mol. The number of hydrogen-bond donors (Lipinski definition) is 2. The van der Waals surface area contributed by atoms with Crippen LogP contribution in [0, 0.1) is 18.8 Å². The van der Waals surface area contributed by atoms with Gasteiger partial charge in [-0.25, -0.2) is 4.52 Å². The van der Waals surface area contributed by atoms with E-state index >= 15 is 0 Å². The molecule has 1 fully saturated rings. The average molecular weight is 360 g/mol. The zero-order chi connectivity index (χ0) is 18.8. The van der Waals surface area contributed by atoms with Gasteiger partial charge < -0.3 is 15.2 Å². The Balaban J connectivity index is 1.68. The maximum atomic E-state index is 12.8. The lowest BCUT2D eigenvalue weighted by atomic mass is 9.95. The smallest absolute Gasteiger partial charge is 0.276 e. The van der Waals surface area contributed by atoms with Crippen LogP contribution in [0.4, 0.5) is 0 Å². The molecule has 9 nitrogen and oxygen atoms in total. The minimum absolute atomic E-state index is 0.0480. The number of hydrogen-bond acceptors (Lipinski definition) is 5. The number of nitrogens with one attached hydrogen (secondary N) is 2. The van der Waals surface area contributed by atoms with Crippen molar-refractivity contribution in [2.24, 2.45) is 11.8 Å². The van der Waals surface area contributed by atoms with Crippen molar-refractivity contribution in [3.05, 3.63) is 27.9 Å². The van der Waals surface area contributed by atoms with Gasteiger partial charge in [-0.15, -0.1) is 5.10 Å². The van der Waals surface area contributed by atoms with Crippen molar-refractivity contribution < 1.29 is 9.59 Å². The van der Waals surface area contributed by atoms with Gasteiger partial charge in [-0.05, 0) is 25.7 Å². The third kappa shape index (κ3) is 3.61. The standard InChI is InChI=1S/C17H24N6O3/c1-10(2)8-18-15(24)12-4-6-22(7-5-12)17(26)13-14-16(25)19-11(3)9-23(14)21-20-13/h9-10,12H,4-8H2,1-3H3,(H,18,24)(H,19,25). The van der Waals surface area contributed by atoms with Crippen molar-refractivity contribution in [2.45, 2.75) is 33.6 Å². The number of amides is 2. The molecule has 1 aliphatic rings. The van der Waals surface area contributed by atoms with Crippen molar-refractivity contribution in [3.8, 4) is 0 Å². The summed E-state index contributed by atoms with van der Waals surface area (Å²) >= 11 is 0. The topological polar surface area (TPSA) is 112 Å². The zero-order valence-corrected chi connectivity index (χ0v) is 15.3. The minimum Gasteiger partial charge on any atom is -0.356 e. The molecule has 1 saturated heterocycles.